The van der Waals surface area contributed by atoms with Crippen LogP contribution in [0.15, 0.2) is 0 Å². The van der Waals surface area contributed by atoms with Gasteiger partial charge in [-0.3, -0.25) is 4.79 Å². The first-order valence-corrected chi connectivity index (χ1v) is 3.03. The van der Waals surface area contributed by atoms with E-state index in [1.165, 1.54) is 6.92 Å². The van der Waals surface area contributed by atoms with E-state index in [1.54, 1.807) is 11.9 Å². The number of likely N-dealkylation sites (N-methyl/N-ethyl adjacent to an activating group) is 1. The zero-order valence-corrected chi connectivity index (χ0v) is 6.22. The summed E-state index contributed by atoms with van der Waals surface area (Å²) in [6.45, 7) is 3.98. The molecule has 0 radical (unpaired) electrons. The van der Waals surface area contributed by atoms with E-state index in [9.17, 15) is 4.79 Å². The molecule has 0 unspecified atom stereocenters. The van der Waals surface area contributed by atoms with Gasteiger partial charge in [-0.1, -0.05) is 0 Å². The van der Waals surface area contributed by atoms with Crippen LogP contribution in [0.2, 0.25) is 0 Å². The van der Waals surface area contributed by atoms with Gasteiger partial charge in [0.05, 0.1) is 0 Å². The molecular weight excluding hydrogens is 116 g/mol. The molecule has 54 valence electrons. The zero-order valence-electron chi connectivity index (χ0n) is 6.22. The van der Waals surface area contributed by atoms with E-state index < -0.39 is 0 Å². The molecular formula is C6H14N2O. The molecule has 1 amide bonds. The zero-order chi connectivity index (χ0) is 7.44. The monoisotopic (exact) mass is 130 g/mol. The molecule has 0 aromatic heterocycles. The Morgan fingerprint density at radius 3 is 2.33 bits per heavy atom. The Morgan fingerprint density at radius 2 is 2.22 bits per heavy atom. The van der Waals surface area contributed by atoms with Gasteiger partial charge in [0.1, 0.15) is 0 Å². The molecule has 9 heavy (non-hydrogen) atoms. The number of rotatable bonds is 2. The average molecular weight is 130 g/mol. The van der Waals surface area contributed by atoms with Crippen LogP contribution in [-0.4, -0.2) is 30.4 Å². The maximum Gasteiger partial charge on any atom is 0.219 e. The Hall–Kier alpha value is -0.570. The van der Waals surface area contributed by atoms with E-state index >= 15 is 0 Å². The summed E-state index contributed by atoms with van der Waals surface area (Å²) in [5.74, 6) is 0.0629. The molecule has 1 atom stereocenters. The van der Waals surface area contributed by atoms with Crippen LogP contribution in [0.1, 0.15) is 13.8 Å². The number of carbonyl (C=O) groups excluding carboxylic acids is 1. The summed E-state index contributed by atoms with van der Waals surface area (Å²) in [7, 11) is 1.75. The second-order valence-corrected chi connectivity index (χ2v) is 2.21. The van der Waals surface area contributed by atoms with E-state index in [1.807, 2.05) is 6.92 Å². The first kappa shape index (κ1) is 8.43. The second kappa shape index (κ2) is 3.45. The lowest BCUT2D eigenvalue weighted by Gasteiger charge is -2.21. The predicted molar refractivity (Wildman–Crippen MR) is 37.0 cm³/mol. The van der Waals surface area contributed by atoms with Gasteiger partial charge in [0, 0.05) is 26.6 Å². The maximum absolute atomic E-state index is 10.6. The highest BCUT2D eigenvalue weighted by Crippen LogP contribution is 1.91. The molecule has 0 aromatic carbocycles. The summed E-state index contributed by atoms with van der Waals surface area (Å²) in [5.41, 5.74) is 5.32. The number of carbonyl (C=O) groups is 1. The molecule has 0 aliphatic carbocycles. The molecule has 0 fully saturated rings. The van der Waals surface area contributed by atoms with Gasteiger partial charge in [-0.2, -0.15) is 0 Å². The lowest BCUT2D eigenvalue weighted by Crippen LogP contribution is -2.38. The number of amides is 1. The van der Waals surface area contributed by atoms with Crippen molar-refractivity contribution in [3.63, 3.8) is 0 Å². The van der Waals surface area contributed by atoms with E-state index in [-0.39, 0.29) is 11.9 Å². The molecule has 0 rings (SSSR count). The lowest BCUT2D eigenvalue weighted by molar-refractivity contribution is -0.129. The molecule has 0 saturated carbocycles. The van der Waals surface area contributed by atoms with Gasteiger partial charge < -0.3 is 10.6 Å². The third-order valence-electron chi connectivity index (χ3n) is 1.50. The van der Waals surface area contributed by atoms with E-state index in [0.717, 1.165) is 0 Å². The van der Waals surface area contributed by atoms with Crippen LogP contribution in [0.3, 0.4) is 0 Å². The van der Waals surface area contributed by atoms with Crippen molar-refractivity contribution in [1.82, 2.24) is 4.90 Å². The number of hydrogen-bond acceptors (Lipinski definition) is 2. The van der Waals surface area contributed by atoms with Gasteiger partial charge in [-0.25, -0.2) is 0 Å². The van der Waals surface area contributed by atoms with Crippen molar-refractivity contribution in [1.29, 1.82) is 0 Å². The molecule has 0 heterocycles. The minimum Gasteiger partial charge on any atom is -0.342 e. The minimum absolute atomic E-state index is 0.0629. The summed E-state index contributed by atoms with van der Waals surface area (Å²) in [5, 5.41) is 0. The maximum atomic E-state index is 10.6. The highest BCUT2D eigenvalue weighted by molar-refractivity contribution is 5.73. The highest BCUT2D eigenvalue weighted by atomic mass is 16.2. The molecule has 0 spiro atoms. The highest BCUT2D eigenvalue weighted by Gasteiger charge is 2.07. The van der Waals surface area contributed by atoms with Crippen LogP contribution >= 0.6 is 0 Å². The number of nitrogens with two attached hydrogens (primary N) is 1. The molecule has 3 nitrogen and oxygen atoms in total. The molecule has 2 N–H and O–H groups in total. The van der Waals surface area contributed by atoms with Crippen LogP contribution in [-0.2, 0) is 4.79 Å². The largest absolute Gasteiger partial charge is 0.342 e. The van der Waals surface area contributed by atoms with Crippen LogP contribution in [0.4, 0.5) is 0 Å². The Kier molecular flexibility index (Phi) is 3.24. The number of nitrogens with zero attached hydrogens (tertiary/aromatic N) is 1. The second-order valence-electron chi connectivity index (χ2n) is 2.21. The summed E-state index contributed by atoms with van der Waals surface area (Å²) >= 11 is 0. The normalized spacial score (nSPS) is 12.9. The fourth-order valence-electron chi connectivity index (χ4n) is 0.468. The van der Waals surface area contributed by atoms with E-state index in [0.29, 0.717) is 6.54 Å². The van der Waals surface area contributed by atoms with Crippen molar-refractivity contribution in [2.45, 2.75) is 19.9 Å². The van der Waals surface area contributed by atoms with E-state index in [2.05, 4.69) is 0 Å². The Balaban J connectivity index is 3.72. The van der Waals surface area contributed by atoms with Crippen molar-refractivity contribution in [3.8, 4) is 0 Å². The van der Waals surface area contributed by atoms with Gasteiger partial charge in [0.2, 0.25) is 5.91 Å². The Bertz CT molecular complexity index is 103. The molecule has 0 aromatic rings. The van der Waals surface area contributed by atoms with Crippen LogP contribution in [0.5, 0.6) is 0 Å². The third kappa shape index (κ3) is 2.46. The summed E-state index contributed by atoms with van der Waals surface area (Å²) in [6, 6.07) is 0.155. The van der Waals surface area contributed by atoms with Crippen molar-refractivity contribution in [2.24, 2.45) is 5.73 Å². The first-order chi connectivity index (χ1) is 4.09. The van der Waals surface area contributed by atoms with Gasteiger partial charge in [0.25, 0.3) is 0 Å². The smallest absolute Gasteiger partial charge is 0.219 e. The first-order valence-electron chi connectivity index (χ1n) is 3.03. The molecule has 0 aliphatic rings. The van der Waals surface area contributed by atoms with Crippen LogP contribution in [0, 0.1) is 0 Å². The van der Waals surface area contributed by atoms with Gasteiger partial charge in [-0.15, -0.1) is 0 Å². The quantitative estimate of drug-likeness (QED) is 0.563. The predicted octanol–water partition coefficient (Wildman–Crippen LogP) is -0.188. The summed E-state index contributed by atoms with van der Waals surface area (Å²) in [6.07, 6.45) is 0. The summed E-state index contributed by atoms with van der Waals surface area (Å²) < 4.78 is 0. The Labute approximate surface area is 55.8 Å². The van der Waals surface area contributed by atoms with Gasteiger partial charge >= 0.3 is 0 Å². The van der Waals surface area contributed by atoms with Crippen molar-refractivity contribution in [2.75, 3.05) is 13.6 Å². The fraction of sp³-hybridized carbons (Fsp3) is 0.833. The van der Waals surface area contributed by atoms with Crippen LogP contribution < -0.4 is 5.73 Å². The van der Waals surface area contributed by atoms with Crippen molar-refractivity contribution in [3.05, 3.63) is 0 Å². The fourth-order valence-corrected chi connectivity index (χ4v) is 0.468. The van der Waals surface area contributed by atoms with Crippen LogP contribution in [0.25, 0.3) is 0 Å². The summed E-state index contributed by atoms with van der Waals surface area (Å²) in [4.78, 5) is 12.2. The molecule has 0 saturated heterocycles. The molecule has 0 bridgehead atoms. The van der Waals surface area contributed by atoms with E-state index in [4.69, 9.17) is 5.73 Å². The van der Waals surface area contributed by atoms with Gasteiger partial charge in [0.15, 0.2) is 0 Å². The molecule has 3 heteroatoms. The standard InChI is InChI=1S/C6H14N2O/c1-5(4-7)8(3)6(2)9/h5H,4,7H2,1-3H3/t5-/m0/s1. The average Bonchev–Trinajstić information content (AvgIpc) is 1.84. The van der Waals surface area contributed by atoms with Gasteiger partial charge in [-0.05, 0) is 6.92 Å². The third-order valence-corrected chi connectivity index (χ3v) is 1.50. The van der Waals surface area contributed by atoms with Crippen molar-refractivity contribution < 1.29 is 4.79 Å². The van der Waals surface area contributed by atoms with Crippen molar-refractivity contribution >= 4 is 5.91 Å². The topological polar surface area (TPSA) is 46.3 Å². The molecule has 0 aliphatic heterocycles. The minimum atomic E-state index is 0.0629. The Morgan fingerprint density at radius 1 is 1.78 bits per heavy atom. The SMILES string of the molecule is CC(=O)N(C)[C@@H](C)CN. The lowest BCUT2D eigenvalue weighted by atomic mass is 10.3. The number of hydrogen-bond donors (Lipinski definition) is 1.